The number of halogens is 1. The van der Waals surface area contributed by atoms with Gasteiger partial charge in [-0.25, -0.2) is 14.6 Å². The zero-order chi connectivity index (χ0) is 35.8. The first-order valence-electron chi connectivity index (χ1n) is 15.6. The summed E-state index contributed by atoms with van der Waals surface area (Å²) >= 11 is 4.77. The minimum atomic E-state index is -2.15. The molecule has 0 aliphatic carbocycles. The van der Waals surface area contributed by atoms with Crippen LogP contribution in [-0.4, -0.2) is 61.0 Å². The molecule has 1 aromatic heterocycles. The number of thioether (sulfide) groups is 1. The highest BCUT2D eigenvalue weighted by atomic mass is 127. The van der Waals surface area contributed by atoms with E-state index in [1.807, 2.05) is 60.7 Å². The number of anilines is 1. The number of hydrogen-bond acceptors (Lipinski definition) is 11. The SMILES string of the molecule is CC(C)(C)OC(=O)NC(N)(C(=O)NC1C(=O)N2C(C(=O)OC(c3ccccc3)c3ccccc3)=C(CI)CSC12)c1ccc2nc(N)sc2c1. The van der Waals surface area contributed by atoms with E-state index in [4.69, 9.17) is 20.9 Å². The van der Waals surface area contributed by atoms with Crippen LogP contribution >= 0.6 is 45.7 Å². The van der Waals surface area contributed by atoms with Crippen molar-refractivity contribution in [2.75, 3.05) is 15.9 Å². The number of ether oxygens (including phenoxy) is 2. The number of aromatic nitrogens is 1. The van der Waals surface area contributed by atoms with Crippen LogP contribution in [-0.2, 0) is 29.5 Å². The molecule has 6 rings (SSSR count). The Labute approximate surface area is 310 Å². The average molecular weight is 827 g/mol. The van der Waals surface area contributed by atoms with Crippen LogP contribution in [0.3, 0.4) is 0 Å². The summed E-state index contributed by atoms with van der Waals surface area (Å²) in [4.78, 5) is 60.6. The number of hydrogen-bond donors (Lipinski definition) is 4. The number of carbonyl (C=O) groups excluding carboxylic acids is 4. The lowest BCUT2D eigenvalue weighted by Crippen LogP contribution is -2.74. The monoisotopic (exact) mass is 826 g/mol. The number of amides is 3. The molecule has 1 fully saturated rings. The molecule has 3 unspecified atom stereocenters. The molecular weight excluding hydrogens is 791 g/mol. The predicted molar refractivity (Wildman–Crippen MR) is 201 cm³/mol. The van der Waals surface area contributed by atoms with Crippen LogP contribution in [0.5, 0.6) is 0 Å². The number of esters is 1. The molecule has 6 N–H and O–H groups in total. The fraction of sp³-hybridized carbons (Fsp3) is 0.286. The van der Waals surface area contributed by atoms with Crippen molar-refractivity contribution in [2.24, 2.45) is 5.73 Å². The van der Waals surface area contributed by atoms with Gasteiger partial charge >= 0.3 is 12.1 Å². The van der Waals surface area contributed by atoms with E-state index < -0.39 is 52.7 Å². The Morgan fingerprint density at radius 1 is 1.04 bits per heavy atom. The maximum atomic E-state index is 14.1. The predicted octanol–water partition coefficient (Wildman–Crippen LogP) is 4.94. The number of nitrogens with two attached hydrogens (primary N) is 2. The Kier molecular flexibility index (Phi) is 10.1. The van der Waals surface area contributed by atoms with E-state index in [1.165, 1.54) is 28.0 Å². The first kappa shape index (κ1) is 35.6. The van der Waals surface area contributed by atoms with Crippen LogP contribution in [0, 0.1) is 0 Å². The summed E-state index contributed by atoms with van der Waals surface area (Å²) in [7, 11) is 0. The normalized spacial score (nSPS) is 18.6. The summed E-state index contributed by atoms with van der Waals surface area (Å²) < 4.78 is 12.7. The van der Waals surface area contributed by atoms with E-state index in [0.717, 1.165) is 16.7 Å². The van der Waals surface area contributed by atoms with Crippen molar-refractivity contribution in [3.63, 3.8) is 0 Å². The first-order chi connectivity index (χ1) is 23.8. The topological polar surface area (TPSA) is 179 Å². The van der Waals surface area contributed by atoms with E-state index in [0.29, 0.717) is 25.5 Å². The third-order valence-corrected chi connectivity index (χ3v) is 11.1. The highest BCUT2D eigenvalue weighted by molar-refractivity contribution is 14.1. The van der Waals surface area contributed by atoms with Gasteiger partial charge in [-0.1, -0.05) is 101 Å². The van der Waals surface area contributed by atoms with E-state index >= 15 is 0 Å². The molecule has 2 aliphatic rings. The Morgan fingerprint density at radius 3 is 2.28 bits per heavy atom. The molecule has 0 saturated carbocycles. The lowest BCUT2D eigenvalue weighted by atomic mass is 9.96. The number of nitrogens with one attached hydrogen (secondary N) is 2. The first-order valence-corrected chi connectivity index (χ1v) is 19.0. The summed E-state index contributed by atoms with van der Waals surface area (Å²) in [6.07, 6.45) is -1.64. The van der Waals surface area contributed by atoms with Crippen molar-refractivity contribution in [3.8, 4) is 0 Å². The van der Waals surface area contributed by atoms with Crippen molar-refractivity contribution in [3.05, 3.63) is 107 Å². The van der Waals surface area contributed by atoms with E-state index in [2.05, 4.69) is 38.2 Å². The van der Waals surface area contributed by atoms with Gasteiger partial charge in [0.1, 0.15) is 22.7 Å². The molecule has 2 aliphatic heterocycles. The molecule has 3 atom stereocenters. The molecule has 15 heteroatoms. The van der Waals surface area contributed by atoms with Crippen LogP contribution in [0.1, 0.15) is 43.6 Å². The Hall–Kier alpha value is -4.19. The summed E-state index contributed by atoms with van der Waals surface area (Å²) in [6.45, 7) is 5.04. The van der Waals surface area contributed by atoms with Crippen LogP contribution < -0.4 is 22.1 Å². The molecule has 3 amide bonds. The molecule has 3 aromatic carbocycles. The largest absolute Gasteiger partial charge is 0.448 e. The highest BCUT2D eigenvalue weighted by Crippen LogP contribution is 2.42. The van der Waals surface area contributed by atoms with Crippen LogP contribution in [0.15, 0.2) is 90.1 Å². The van der Waals surface area contributed by atoms with Gasteiger partial charge in [0.2, 0.25) is 0 Å². The second kappa shape index (κ2) is 14.2. The Morgan fingerprint density at radius 2 is 1.68 bits per heavy atom. The number of rotatable bonds is 9. The van der Waals surface area contributed by atoms with Gasteiger partial charge < -0.3 is 20.5 Å². The maximum Gasteiger partial charge on any atom is 0.409 e. The van der Waals surface area contributed by atoms with Crippen molar-refractivity contribution in [2.45, 2.75) is 49.6 Å². The van der Waals surface area contributed by atoms with Crippen LogP contribution in [0.25, 0.3) is 10.2 Å². The van der Waals surface area contributed by atoms with E-state index in [1.54, 1.807) is 39.0 Å². The Bertz CT molecular complexity index is 1950. The van der Waals surface area contributed by atoms with Crippen molar-refractivity contribution in [1.29, 1.82) is 0 Å². The number of benzene rings is 3. The minimum absolute atomic E-state index is 0.162. The highest BCUT2D eigenvalue weighted by Gasteiger charge is 2.56. The fourth-order valence-corrected chi connectivity index (χ4v) is 8.81. The number of nitrogen functional groups attached to an aromatic ring is 1. The molecule has 0 spiro atoms. The lowest BCUT2D eigenvalue weighted by Gasteiger charge is -2.50. The molecule has 0 bridgehead atoms. The minimum Gasteiger partial charge on any atom is -0.448 e. The number of nitrogens with zero attached hydrogens (tertiary/aromatic N) is 2. The van der Waals surface area contributed by atoms with Gasteiger partial charge in [-0.05, 0) is 49.6 Å². The van der Waals surface area contributed by atoms with Gasteiger partial charge in [0.15, 0.2) is 16.9 Å². The second-order valence-electron chi connectivity index (χ2n) is 12.7. The zero-order valence-corrected chi connectivity index (χ0v) is 31.1. The number of β-lactam (4-membered cyclic amide) rings is 1. The smallest absolute Gasteiger partial charge is 0.409 e. The van der Waals surface area contributed by atoms with Gasteiger partial charge in [-0.15, -0.1) is 11.8 Å². The average Bonchev–Trinajstić information content (AvgIpc) is 3.47. The van der Waals surface area contributed by atoms with Gasteiger partial charge in [-0.3, -0.25) is 25.5 Å². The van der Waals surface area contributed by atoms with E-state index in [-0.39, 0.29) is 11.3 Å². The third kappa shape index (κ3) is 7.17. The number of fused-ring (bicyclic) bond motifs is 2. The molecular formula is C35H35IN6O6S2. The maximum absolute atomic E-state index is 14.1. The van der Waals surface area contributed by atoms with E-state index in [9.17, 15) is 19.2 Å². The molecule has 1 saturated heterocycles. The van der Waals surface area contributed by atoms with Crippen molar-refractivity contribution < 1.29 is 28.7 Å². The molecule has 3 heterocycles. The third-order valence-electron chi connectivity index (χ3n) is 8.03. The number of thiazole rings is 1. The van der Waals surface area contributed by atoms with Gasteiger partial charge in [0.05, 0.1) is 10.2 Å². The van der Waals surface area contributed by atoms with Gasteiger partial charge in [0.25, 0.3) is 11.8 Å². The summed E-state index contributed by atoms with van der Waals surface area (Å²) in [5.41, 5.74) is 12.9. The van der Waals surface area contributed by atoms with Gasteiger partial charge in [0, 0.05) is 15.7 Å². The summed E-state index contributed by atoms with van der Waals surface area (Å²) in [5, 5.41) is 4.97. The molecule has 50 heavy (non-hydrogen) atoms. The Balaban J connectivity index is 1.26. The molecule has 4 aromatic rings. The standard InChI is InChI=1S/C35H35IN6O6S2/c1-34(2,3)48-33(46)41-35(38,22-14-15-23-24(16-22)50-32(37)39-23)31(45)40-25-28(43)42-26(21(17-36)18-49-29(25)42)30(44)47-27(19-10-6-4-7-11-19)20-12-8-5-9-13-20/h4-16,25,27,29H,17-18,38H2,1-3H3,(H2,37,39)(H,40,45)(H,41,46). The molecule has 260 valence electrons. The quantitative estimate of drug-likeness (QED) is 0.0595. The van der Waals surface area contributed by atoms with Crippen LogP contribution in [0.2, 0.25) is 0 Å². The second-order valence-corrected chi connectivity index (χ2v) is 15.7. The number of alkyl carbamates (subject to hydrolysis) is 1. The summed E-state index contributed by atoms with van der Waals surface area (Å²) in [6, 6.07) is 22.5. The summed E-state index contributed by atoms with van der Waals surface area (Å²) in [5.74, 6) is -1.57. The number of carbonyl (C=O) groups is 4. The van der Waals surface area contributed by atoms with Crippen molar-refractivity contribution in [1.82, 2.24) is 20.5 Å². The van der Waals surface area contributed by atoms with Crippen LogP contribution in [0.4, 0.5) is 9.93 Å². The zero-order valence-electron chi connectivity index (χ0n) is 27.3. The lowest BCUT2D eigenvalue weighted by molar-refractivity contribution is -0.155. The molecule has 0 radical (unpaired) electrons. The molecule has 12 nitrogen and oxygen atoms in total. The number of alkyl halides is 1. The fourth-order valence-electron chi connectivity index (χ4n) is 5.69. The van der Waals surface area contributed by atoms with Crippen molar-refractivity contribution >= 4 is 84.9 Å². The van der Waals surface area contributed by atoms with Gasteiger partial charge in [-0.2, -0.15) is 0 Å².